The van der Waals surface area contributed by atoms with Crippen molar-refractivity contribution in [1.29, 1.82) is 0 Å². The molecule has 0 aromatic heterocycles. The molecule has 0 aliphatic carbocycles. The maximum atomic E-state index is 13.9. The first kappa shape index (κ1) is 59.6. The van der Waals surface area contributed by atoms with Gasteiger partial charge in [-0.3, -0.25) is 47.9 Å². The van der Waals surface area contributed by atoms with Crippen LogP contribution >= 0.6 is 0 Å². The van der Waals surface area contributed by atoms with Gasteiger partial charge in [-0.15, -0.1) is 0 Å². The molecule has 10 amide bonds. The zero-order valence-electron chi connectivity index (χ0n) is 39.8. The molecular formula is C44H74N12O12. The highest BCUT2D eigenvalue weighted by Gasteiger charge is 2.36. The van der Waals surface area contributed by atoms with E-state index in [9.17, 15) is 58.2 Å². The van der Waals surface area contributed by atoms with Crippen LogP contribution in [0.4, 0.5) is 0 Å². The summed E-state index contributed by atoms with van der Waals surface area (Å²) >= 11 is 0. The summed E-state index contributed by atoms with van der Waals surface area (Å²) in [6.07, 6.45) is 0.349. The quantitative estimate of drug-likeness (QED) is 0.0308. The molecule has 0 unspecified atom stereocenters. The van der Waals surface area contributed by atoms with E-state index in [0.29, 0.717) is 31.4 Å². The first-order valence-electron chi connectivity index (χ1n) is 22.7. The fourth-order valence-electron chi connectivity index (χ4n) is 6.74. The maximum Gasteiger partial charge on any atom is 0.245 e. The minimum atomic E-state index is -1.77. The second-order valence-electron chi connectivity index (χ2n) is 17.7. The molecule has 24 nitrogen and oxygen atoms in total. The SMILES string of the molecule is CC[C@H](C)[C@H](NC(=O)[C@H](CO)NC(=O)[C@H](CC(N)=O)NC(=O)[C@H](CC(C)C)NC(=O)[C@H](Cc1ccc(O)cc1)NC(=O)[C@@H](N)CCCCN)C(=O)N[C@@H](CC(C)C)C(=O)N[C@@H](CC(N)=O)C(N)=O. The van der Waals surface area contributed by atoms with Crippen molar-refractivity contribution in [1.82, 2.24) is 37.2 Å². The molecule has 0 heterocycles. The Morgan fingerprint density at radius 1 is 0.559 bits per heavy atom. The Morgan fingerprint density at radius 3 is 1.46 bits per heavy atom. The summed E-state index contributed by atoms with van der Waals surface area (Å²) in [5.74, 6) is -10.4. The van der Waals surface area contributed by atoms with E-state index in [0.717, 1.165) is 0 Å². The Morgan fingerprint density at radius 2 is 0.985 bits per heavy atom. The fraction of sp³-hybridized carbons (Fsp3) is 0.636. The van der Waals surface area contributed by atoms with Crippen LogP contribution in [0.5, 0.6) is 5.75 Å². The number of rotatable bonds is 32. The number of hydrogen-bond donors (Lipinski definition) is 14. The van der Waals surface area contributed by atoms with Gasteiger partial charge in [-0.05, 0) is 67.7 Å². The molecule has 19 N–H and O–H groups in total. The molecule has 0 saturated heterocycles. The zero-order chi connectivity index (χ0) is 51.8. The van der Waals surface area contributed by atoms with Crippen molar-refractivity contribution in [3.05, 3.63) is 29.8 Å². The molecule has 382 valence electrons. The third-order valence-corrected chi connectivity index (χ3v) is 10.7. The number of primary amides is 3. The van der Waals surface area contributed by atoms with Crippen molar-refractivity contribution in [2.45, 2.75) is 148 Å². The molecule has 0 aliphatic rings. The van der Waals surface area contributed by atoms with Crippen LogP contribution in [0, 0.1) is 17.8 Å². The molecule has 24 heteroatoms. The van der Waals surface area contributed by atoms with Gasteiger partial charge in [0.2, 0.25) is 59.1 Å². The number of aliphatic hydroxyl groups excluding tert-OH is 1. The number of amides is 10. The van der Waals surface area contributed by atoms with E-state index >= 15 is 0 Å². The summed E-state index contributed by atoms with van der Waals surface area (Å²) in [7, 11) is 0. The summed E-state index contributed by atoms with van der Waals surface area (Å²) in [5.41, 5.74) is 28.2. The summed E-state index contributed by atoms with van der Waals surface area (Å²) in [6.45, 7) is 9.68. The molecule has 0 radical (unpaired) electrons. The van der Waals surface area contributed by atoms with Crippen molar-refractivity contribution < 1.29 is 58.2 Å². The summed E-state index contributed by atoms with van der Waals surface area (Å²) in [5, 5.41) is 37.3. The number of benzene rings is 1. The van der Waals surface area contributed by atoms with Gasteiger partial charge in [0.25, 0.3) is 0 Å². The van der Waals surface area contributed by atoms with Crippen LogP contribution in [0.15, 0.2) is 24.3 Å². The van der Waals surface area contributed by atoms with E-state index < -0.39 is 133 Å². The number of carbonyl (C=O) groups excluding carboxylic acids is 10. The van der Waals surface area contributed by atoms with Gasteiger partial charge in [0.05, 0.1) is 25.5 Å². The van der Waals surface area contributed by atoms with Crippen LogP contribution in [-0.2, 0) is 54.4 Å². The molecule has 68 heavy (non-hydrogen) atoms. The average molecular weight is 963 g/mol. The van der Waals surface area contributed by atoms with Gasteiger partial charge in [-0.1, -0.05) is 66.5 Å². The van der Waals surface area contributed by atoms with Gasteiger partial charge in [-0.2, -0.15) is 0 Å². The molecule has 0 fully saturated rings. The molecule has 1 rings (SSSR count). The second-order valence-corrected chi connectivity index (χ2v) is 17.7. The van der Waals surface area contributed by atoms with Gasteiger partial charge in [-0.25, -0.2) is 0 Å². The van der Waals surface area contributed by atoms with Crippen LogP contribution < -0.4 is 65.9 Å². The predicted octanol–water partition coefficient (Wildman–Crippen LogP) is -3.85. The van der Waals surface area contributed by atoms with E-state index in [4.69, 9.17) is 28.7 Å². The number of aliphatic hydroxyl groups is 1. The highest BCUT2D eigenvalue weighted by Crippen LogP contribution is 2.15. The Kier molecular flexibility index (Phi) is 26.4. The van der Waals surface area contributed by atoms with Crippen LogP contribution in [0.2, 0.25) is 0 Å². The van der Waals surface area contributed by atoms with E-state index in [1.165, 1.54) is 24.3 Å². The largest absolute Gasteiger partial charge is 0.508 e. The first-order chi connectivity index (χ1) is 31.8. The van der Waals surface area contributed by atoms with E-state index in [1.54, 1.807) is 41.5 Å². The van der Waals surface area contributed by atoms with Gasteiger partial charge < -0.3 is 76.1 Å². The third kappa shape index (κ3) is 21.9. The Hall–Kier alpha value is -6.40. The van der Waals surface area contributed by atoms with Crippen molar-refractivity contribution in [3.63, 3.8) is 0 Å². The molecule has 9 atom stereocenters. The minimum Gasteiger partial charge on any atom is -0.508 e. The lowest BCUT2D eigenvalue weighted by atomic mass is 9.96. The van der Waals surface area contributed by atoms with Crippen molar-refractivity contribution in [3.8, 4) is 5.75 Å². The normalized spacial score (nSPS) is 15.2. The topological polar surface area (TPSA) is 425 Å². The van der Waals surface area contributed by atoms with Gasteiger partial charge in [0.15, 0.2) is 0 Å². The van der Waals surface area contributed by atoms with Crippen molar-refractivity contribution >= 4 is 59.1 Å². The molecule has 0 aliphatic heterocycles. The number of aromatic hydroxyl groups is 1. The maximum absolute atomic E-state index is 13.9. The van der Waals surface area contributed by atoms with Crippen LogP contribution in [0.25, 0.3) is 0 Å². The highest BCUT2D eigenvalue weighted by molar-refractivity contribution is 5.99. The summed E-state index contributed by atoms with van der Waals surface area (Å²) < 4.78 is 0. The lowest BCUT2D eigenvalue weighted by Gasteiger charge is -2.29. The standard InChI is InChI=1S/C44H74N12O12/c1-7-24(6)36(44(68)54-30(17-23(4)5)39(63)50-28(37(49)61)19-34(47)59)56-43(67)33(21-57)55-42(66)32(20-35(48)60)53-40(64)29(16-22(2)3)52-41(65)31(18-25-11-13-26(58)14-12-25)51-38(62)27(46)10-8-9-15-45/h11-14,22-24,27-33,36,57-58H,7-10,15-21,45-46H2,1-6H3,(H2,47,59)(H2,48,60)(H2,49,61)(H,50,63)(H,51,62)(H,52,65)(H,53,64)(H,54,68)(H,55,66)(H,56,67)/t24-,27-,28-,29-,30-,31-,32-,33-,36-/m0/s1. The number of phenolic OH excluding ortho intramolecular Hbond substituents is 1. The lowest BCUT2D eigenvalue weighted by molar-refractivity contribution is -0.137. The van der Waals surface area contributed by atoms with E-state index in [-0.39, 0.29) is 43.3 Å². The monoisotopic (exact) mass is 963 g/mol. The minimum absolute atomic E-state index is 0.000479. The molecule has 0 bridgehead atoms. The second kappa shape index (κ2) is 30.1. The Labute approximate surface area is 396 Å². The Balaban J connectivity index is 3.37. The number of hydrogen-bond acceptors (Lipinski definition) is 14. The number of nitrogens with one attached hydrogen (secondary N) is 7. The predicted molar refractivity (Wildman–Crippen MR) is 248 cm³/mol. The van der Waals surface area contributed by atoms with Gasteiger partial charge >= 0.3 is 0 Å². The number of nitrogens with two attached hydrogens (primary N) is 5. The number of phenols is 1. The highest BCUT2D eigenvalue weighted by atomic mass is 16.3. The van der Waals surface area contributed by atoms with Crippen LogP contribution in [-0.4, -0.2) is 131 Å². The molecule has 0 saturated carbocycles. The first-order valence-corrected chi connectivity index (χ1v) is 22.7. The molecule has 1 aromatic carbocycles. The third-order valence-electron chi connectivity index (χ3n) is 10.7. The van der Waals surface area contributed by atoms with E-state index in [1.807, 2.05) is 0 Å². The zero-order valence-corrected chi connectivity index (χ0v) is 39.8. The molecule has 1 aromatic rings. The van der Waals surface area contributed by atoms with Gasteiger partial charge in [0, 0.05) is 6.42 Å². The lowest BCUT2D eigenvalue weighted by Crippen LogP contribution is -2.62. The van der Waals surface area contributed by atoms with E-state index in [2.05, 4.69) is 37.2 Å². The average Bonchev–Trinajstić information content (AvgIpc) is 3.25. The summed E-state index contributed by atoms with van der Waals surface area (Å²) in [4.78, 5) is 131. The molecule has 0 spiro atoms. The molecular weight excluding hydrogens is 889 g/mol. The van der Waals surface area contributed by atoms with Crippen molar-refractivity contribution in [2.24, 2.45) is 46.4 Å². The Bertz CT molecular complexity index is 1880. The smallest absolute Gasteiger partial charge is 0.245 e. The number of carbonyl (C=O) groups is 10. The fourth-order valence-corrected chi connectivity index (χ4v) is 6.74. The summed E-state index contributed by atoms with van der Waals surface area (Å²) in [6, 6.07) is -5.39. The van der Waals surface area contributed by atoms with Crippen LogP contribution in [0.3, 0.4) is 0 Å². The van der Waals surface area contributed by atoms with Crippen molar-refractivity contribution in [2.75, 3.05) is 13.2 Å². The van der Waals surface area contributed by atoms with Gasteiger partial charge in [0.1, 0.15) is 48.0 Å². The van der Waals surface area contributed by atoms with Crippen LogP contribution in [0.1, 0.15) is 98.5 Å². The number of unbranched alkanes of at least 4 members (excludes halogenated alkanes) is 1.